The van der Waals surface area contributed by atoms with Gasteiger partial charge >= 0.3 is 5.97 Å². The summed E-state index contributed by atoms with van der Waals surface area (Å²) >= 11 is 0. The number of carboxylic acids is 1. The molecule has 0 saturated heterocycles. The lowest BCUT2D eigenvalue weighted by molar-refractivity contribution is -0.142. The number of primary amides is 1. The molecule has 50 heavy (non-hydrogen) atoms. The van der Waals surface area contributed by atoms with E-state index in [1.54, 1.807) is 0 Å². The van der Waals surface area contributed by atoms with Crippen LogP contribution in [0.3, 0.4) is 0 Å². The van der Waals surface area contributed by atoms with Crippen LogP contribution in [0.5, 0.6) is 0 Å². The van der Waals surface area contributed by atoms with Gasteiger partial charge in [-0.25, -0.2) is 0 Å². The fourth-order valence-electron chi connectivity index (χ4n) is 7.21. The van der Waals surface area contributed by atoms with Gasteiger partial charge in [-0.2, -0.15) is 0 Å². The van der Waals surface area contributed by atoms with Crippen LogP contribution in [-0.2, 0) is 9.59 Å². The summed E-state index contributed by atoms with van der Waals surface area (Å²) in [6.45, 7) is 4.55. The van der Waals surface area contributed by atoms with Gasteiger partial charge in [0.25, 0.3) is 0 Å². The van der Waals surface area contributed by atoms with E-state index in [-0.39, 0.29) is 17.7 Å². The molecular weight excluding hydrogens is 615 g/mol. The number of unbranched alkanes of at least 4 members (excludes halogenated alkanes) is 28. The highest BCUT2D eigenvalue weighted by Crippen LogP contribution is 2.24. The fraction of sp³-hybridized carbons (Fsp3) is 0.870. The molecule has 294 valence electrons. The summed E-state index contributed by atoms with van der Waals surface area (Å²) in [5.74, 6) is -1.48. The molecule has 0 aromatic rings. The Morgan fingerprint density at radius 3 is 0.960 bits per heavy atom. The Hall–Kier alpha value is -1.58. The van der Waals surface area contributed by atoms with Crippen molar-refractivity contribution in [3.05, 3.63) is 24.3 Å². The molecule has 4 heteroatoms. The lowest BCUT2D eigenvalue weighted by Gasteiger charge is -2.17. The Bertz CT molecular complexity index is 711. The van der Waals surface area contributed by atoms with Gasteiger partial charge in [-0.05, 0) is 77.0 Å². The van der Waals surface area contributed by atoms with Gasteiger partial charge in [0.15, 0.2) is 0 Å². The van der Waals surface area contributed by atoms with E-state index in [0.29, 0.717) is 12.8 Å². The second-order valence-electron chi connectivity index (χ2n) is 15.6. The van der Waals surface area contributed by atoms with E-state index in [4.69, 9.17) is 5.73 Å². The van der Waals surface area contributed by atoms with Crippen LogP contribution in [0.4, 0.5) is 0 Å². The maximum atomic E-state index is 12.1. The van der Waals surface area contributed by atoms with E-state index in [1.165, 1.54) is 180 Å². The molecular formula is C46H87NO3. The third-order valence-electron chi connectivity index (χ3n) is 10.7. The molecule has 0 heterocycles. The van der Waals surface area contributed by atoms with Crippen LogP contribution >= 0.6 is 0 Å². The molecule has 0 aliphatic carbocycles. The minimum atomic E-state index is -0.710. The topological polar surface area (TPSA) is 80.4 Å². The molecule has 0 aromatic carbocycles. The Kier molecular flexibility index (Phi) is 38.9. The summed E-state index contributed by atoms with van der Waals surface area (Å²) in [6.07, 6.45) is 53.4. The van der Waals surface area contributed by atoms with Crippen molar-refractivity contribution in [1.29, 1.82) is 0 Å². The summed E-state index contributed by atoms with van der Waals surface area (Å²) < 4.78 is 0. The Morgan fingerprint density at radius 2 is 0.660 bits per heavy atom. The van der Waals surface area contributed by atoms with Crippen LogP contribution in [0.2, 0.25) is 0 Å². The van der Waals surface area contributed by atoms with Crippen molar-refractivity contribution in [2.45, 2.75) is 245 Å². The largest absolute Gasteiger partial charge is 0.481 e. The third-order valence-corrected chi connectivity index (χ3v) is 10.7. The number of nitrogens with two attached hydrogens (primary N) is 1. The maximum Gasteiger partial charge on any atom is 0.306 e. The second kappa shape index (κ2) is 40.2. The predicted molar refractivity (Wildman–Crippen MR) is 220 cm³/mol. The average Bonchev–Trinajstić information content (AvgIpc) is 3.10. The predicted octanol–water partition coefficient (Wildman–Crippen LogP) is 15.0. The minimum absolute atomic E-state index is 0.179. The van der Waals surface area contributed by atoms with Gasteiger partial charge in [-0.15, -0.1) is 0 Å². The van der Waals surface area contributed by atoms with Gasteiger partial charge in [-0.3, -0.25) is 9.59 Å². The molecule has 2 unspecified atom stereocenters. The monoisotopic (exact) mass is 702 g/mol. The Morgan fingerprint density at radius 1 is 0.400 bits per heavy atom. The zero-order valence-corrected chi connectivity index (χ0v) is 33.8. The number of carbonyl (C=O) groups is 2. The fourth-order valence-corrected chi connectivity index (χ4v) is 7.21. The third kappa shape index (κ3) is 36.2. The quantitative estimate of drug-likeness (QED) is 0.0492. The summed E-state index contributed by atoms with van der Waals surface area (Å²) in [4.78, 5) is 24.0. The highest BCUT2D eigenvalue weighted by Gasteiger charge is 2.22. The number of hydrogen-bond acceptors (Lipinski definition) is 2. The number of allylic oxidation sites excluding steroid dienone is 4. The molecule has 0 aliphatic rings. The SMILES string of the molecule is CCCCCCCC/C=C\CCCCCCCCCCC(CCC(CCCCCCCCCC/C=C\CCCCCCCC)C(=O)O)C(N)=O. The van der Waals surface area contributed by atoms with Crippen LogP contribution in [0.25, 0.3) is 0 Å². The normalized spacial score (nSPS) is 13.1. The van der Waals surface area contributed by atoms with E-state index in [9.17, 15) is 14.7 Å². The molecule has 3 N–H and O–H groups in total. The number of aliphatic carboxylic acids is 1. The van der Waals surface area contributed by atoms with Crippen LogP contribution in [-0.4, -0.2) is 17.0 Å². The van der Waals surface area contributed by atoms with Gasteiger partial charge in [0, 0.05) is 5.92 Å². The molecule has 0 rings (SSSR count). The van der Waals surface area contributed by atoms with E-state index < -0.39 is 5.97 Å². The van der Waals surface area contributed by atoms with Crippen molar-refractivity contribution in [2.24, 2.45) is 17.6 Å². The Labute approximate surface area is 312 Å². The summed E-state index contributed by atoms with van der Waals surface area (Å²) in [7, 11) is 0. The lowest BCUT2D eigenvalue weighted by Crippen LogP contribution is -2.25. The van der Waals surface area contributed by atoms with Crippen molar-refractivity contribution < 1.29 is 14.7 Å². The van der Waals surface area contributed by atoms with Gasteiger partial charge in [-0.1, -0.05) is 192 Å². The molecule has 0 bridgehead atoms. The van der Waals surface area contributed by atoms with Crippen molar-refractivity contribution in [3.8, 4) is 0 Å². The van der Waals surface area contributed by atoms with E-state index in [0.717, 1.165) is 38.5 Å². The van der Waals surface area contributed by atoms with Crippen molar-refractivity contribution in [2.75, 3.05) is 0 Å². The maximum absolute atomic E-state index is 12.1. The number of rotatable bonds is 41. The number of carboxylic acid groups (broad SMARTS) is 1. The first-order valence-corrected chi connectivity index (χ1v) is 22.3. The van der Waals surface area contributed by atoms with E-state index in [2.05, 4.69) is 38.2 Å². The molecule has 4 nitrogen and oxygen atoms in total. The van der Waals surface area contributed by atoms with Crippen LogP contribution in [0.15, 0.2) is 24.3 Å². The number of amides is 1. The van der Waals surface area contributed by atoms with Crippen LogP contribution < -0.4 is 5.73 Å². The lowest BCUT2D eigenvalue weighted by atomic mass is 9.88. The van der Waals surface area contributed by atoms with Crippen molar-refractivity contribution in [1.82, 2.24) is 0 Å². The minimum Gasteiger partial charge on any atom is -0.481 e. The van der Waals surface area contributed by atoms with E-state index >= 15 is 0 Å². The van der Waals surface area contributed by atoms with E-state index in [1.807, 2.05) is 0 Å². The van der Waals surface area contributed by atoms with Gasteiger partial charge < -0.3 is 10.8 Å². The zero-order chi connectivity index (χ0) is 36.6. The molecule has 2 atom stereocenters. The Balaban J connectivity index is 3.74. The average molecular weight is 702 g/mol. The number of carbonyl (C=O) groups excluding carboxylic acids is 1. The van der Waals surface area contributed by atoms with Crippen molar-refractivity contribution >= 4 is 11.9 Å². The summed E-state index contributed by atoms with van der Waals surface area (Å²) in [5.41, 5.74) is 5.73. The standard InChI is InChI=1S/C46H87NO3/c1-3-5-7-9-11-13-15-17-19-21-23-25-27-29-31-33-35-37-39-43(45(47)48)41-42-44(46(49)50)40-38-36-34-32-30-28-26-24-22-20-18-16-14-12-10-8-6-4-2/h17-20,43-44H,3-16,21-42H2,1-2H3,(H2,47,48)(H,49,50)/b19-17-,20-18-. The molecule has 0 aliphatic heterocycles. The highest BCUT2D eigenvalue weighted by molar-refractivity contribution is 5.76. The highest BCUT2D eigenvalue weighted by atomic mass is 16.4. The molecule has 0 aromatic heterocycles. The molecule has 0 fully saturated rings. The zero-order valence-electron chi connectivity index (χ0n) is 33.8. The molecule has 1 amide bonds. The van der Waals surface area contributed by atoms with Crippen LogP contribution in [0.1, 0.15) is 245 Å². The molecule has 0 spiro atoms. The van der Waals surface area contributed by atoms with Gasteiger partial charge in [0.2, 0.25) is 5.91 Å². The smallest absolute Gasteiger partial charge is 0.306 e. The van der Waals surface area contributed by atoms with Gasteiger partial charge in [0.1, 0.15) is 0 Å². The molecule has 0 radical (unpaired) electrons. The number of hydrogen-bond donors (Lipinski definition) is 2. The summed E-state index contributed by atoms with van der Waals surface area (Å²) in [5, 5.41) is 9.78. The van der Waals surface area contributed by atoms with Crippen LogP contribution in [0, 0.1) is 11.8 Å². The molecule has 0 saturated carbocycles. The second-order valence-corrected chi connectivity index (χ2v) is 15.6. The van der Waals surface area contributed by atoms with Gasteiger partial charge in [0.05, 0.1) is 5.92 Å². The first-order chi connectivity index (χ1) is 24.5. The van der Waals surface area contributed by atoms with Crippen molar-refractivity contribution in [3.63, 3.8) is 0 Å². The summed E-state index contributed by atoms with van der Waals surface area (Å²) in [6, 6.07) is 0. The first kappa shape index (κ1) is 48.4. The first-order valence-electron chi connectivity index (χ1n) is 22.3.